The predicted molar refractivity (Wildman–Crippen MR) is 48.1 cm³/mol. The largest absolute Gasteiger partial charge is 0.290 e. The minimum Gasteiger partial charge on any atom is -0.290 e. The van der Waals surface area contributed by atoms with Crippen LogP contribution in [0.5, 0.6) is 0 Å². The van der Waals surface area contributed by atoms with Gasteiger partial charge in [-0.3, -0.25) is 5.41 Å². The maximum Gasteiger partial charge on any atom is 0.106 e. The van der Waals surface area contributed by atoms with Crippen LogP contribution < -0.4 is 0 Å². The maximum atomic E-state index is 6.52. The number of nitrogens with one attached hydrogen (secondary N) is 1. The lowest BCUT2D eigenvalue weighted by atomic mass is 10.3. The summed E-state index contributed by atoms with van der Waals surface area (Å²) in [5.41, 5.74) is 1.08. The summed E-state index contributed by atoms with van der Waals surface area (Å²) in [5.74, 6) is 0. The second kappa shape index (κ2) is 11.0. The Bertz CT molecular complexity index is 123. The molecule has 0 aromatic carbocycles. The second-order valence-corrected chi connectivity index (χ2v) is 1.44. The molecule has 0 heterocycles. The average Bonchev–Trinajstić information content (AvgIpc) is 2.04. The van der Waals surface area contributed by atoms with Crippen molar-refractivity contribution in [2.24, 2.45) is 4.99 Å². The zero-order chi connectivity index (χ0) is 8.41. The van der Waals surface area contributed by atoms with Crippen molar-refractivity contribution in [3.8, 4) is 0 Å². The van der Waals surface area contributed by atoms with Crippen LogP contribution in [0.1, 0.15) is 27.7 Å². The highest BCUT2D eigenvalue weighted by atomic mass is 14.7. The van der Waals surface area contributed by atoms with E-state index in [1.165, 1.54) is 0 Å². The molecule has 0 amide bonds. The first-order chi connectivity index (χ1) is 4.81. The van der Waals surface area contributed by atoms with Gasteiger partial charge in [-0.05, 0) is 19.4 Å². The Kier molecular flexibility index (Phi) is 13.0. The molecule has 2 heteroatoms. The Balaban J connectivity index is 0. The molecule has 0 aliphatic rings. The molecule has 0 unspecified atom stereocenters. The zero-order valence-corrected chi connectivity index (χ0v) is 7.18. The number of hydrogen-bond acceptors (Lipinski definition) is 1. The fourth-order valence-corrected chi connectivity index (χ4v) is 0.229. The lowest BCUT2D eigenvalue weighted by molar-refractivity contribution is 1.50. The van der Waals surface area contributed by atoms with Crippen LogP contribution in [-0.2, 0) is 0 Å². The van der Waals surface area contributed by atoms with Crippen LogP contribution in [0.25, 0.3) is 0 Å². The van der Waals surface area contributed by atoms with E-state index >= 15 is 0 Å². The molecule has 58 valence electrons. The number of aliphatic imine (C=N–C) groups is 1. The second-order valence-electron chi connectivity index (χ2n) is 1.44. The molecule has 0 aromatic heterocycles. The molecule has 0 spiro atoms. The summed E-state index contributed by atoms with van der Waals surface area (Å²) < 4.78 is 0. The number of rotatable bonds is 2. The predicted octanol–water partition coefficient (Wildman–Crippen LogP) is 2.66. The third-order valence-corrected chi connectivity index (χ3v) is 0.808. The van der Waals surface area contributed by atoms with Gasteiger partial charge in [0.15, 0.2) is 0 Å². The highest BCUT2D eigenvalue weighted by molar-refractivity contribution is 5.83. The maximum absolute atomic E-state index is 6.52. The van der Waals surface area contributed by atoms with Gasteiger partial charge < -0.3 is 0 Å². The first-order valence-corrected chi connectivity index (χ1v) is 3.46. The van der Waals surface area contributed by atoms with Gasteiger partial charge in [-0.1, -0.05) is 19.9 Å². The van der Waals surface area contributed by atoms with Gasteiger partial charge in [0.2, 0.25) is 0 Å². The quantitative estimate of drug-likeness (QED) is 0.452. The summed E-state index contributed by atoms with van der Waals surface area (Å²) in [6.07, 6.45) is 4.60. The third-order valence-electron chi connectivity index (χ3n) is 0.808. The van der Waals surface area contributed by atoms with Crippen LogP contribution in [-0.4, -0.2) is 12.6 Å². The van der Waals surface area contributed by atoms with E-state index in [1.807, 2.05) is 33.8 Å². The van der Waals surface area contributed by atoms with Gasteiger partial charge >= 0.3 is 0 Å². The molecule has 0 atom stereocenters. The molecule has 0 saturated heterocycles. The van der Waals surface area contributed by atoms with Gasteiger partial charge in [0, 0.05) is 6.21 Å². The van der Waals surface area contributed by atoms with E-state index in [2.05, 4.69) is 4.99 Å². The number of nitrogens with zero attached hydrogens (tertiary/aromatic N) is 1. The normalized spacial score (nSPS) is 10.6. The summed E-state index contributed by atoms with van der Waals surface area (Å²) in [7, 11) is 0. The van der Waals surface area contributed by atoms with Crippen molar-refractivity contribution in [1.82, 2.24) is 0 Å². The van der Waals surface area contributed by atoms with E-state index < -0.39 is 0 Å². The molecular weight excluding hydrogens is 124 g/mol. The summed E-state index contributed by atoms with van der Waals surface area (Å²) >= 11 is 0. The Morgan fingerprint density at radius 2 is 1.90 bits per heavy atom. The molecule has 0 aliphatic carbocycles. The Morgan fingerprint density at radius 3 is 2.20 bits per heavy atom. The van der Waals surface area contributed by atoms with Crippen LogP contribution in [0, 0.1) is 5.41 Å². The van der Waals surface area contributed by atoms with Crippen molar-refractivity contribution >= 4 is 12.6 Å². The standard InChI is InChI=1S/C6H10N2.C2H6/c1-3-6(2)4-8-5-7;1-2/h3-5,7H,1-2H3;1-2H3/b6-3-,7-5?,8-4?;. The molecule has 2 nitrogen and oxygen atoms in total. The summed E-state index contributed by atoms with van der Waals surface area (Å²) in [6.45, 7) is 7.87. The van der Waals surface area contributed by atoms with Crippen molar-refractivity contribution in [3.05, 3.63) is 11.6 Å². The van der Waals surface area contributed by atoms with Crippen molar-refractivity contribution in [2.75, 3.05) is 0 Å². The van der Waals surface area contributed by atoms with Gasteiger partial charge in [-0.15, -0.1) is 0 Å². The fraction of sp³-hybridized carbons (Fsp3) is 0.500. The zero-order valence-electron chi connectivity index (χ0n) is 7.18. The van der Waals surface area contributed by atoms with Crippen LogP contribution in [0.3, 0.4) is 0 Å². The Labute approximate surface area is 63.2 Å². The molecule has 0 radical (unpaired) electrons. The topological polar surface area (TPSA) is 36.2 Å². The van der Waals surface area contributed by atoms with Crippen LogP contribution in [0.15, 0.2) is 16.6 Å². The highest BCUT2D eigenvalue weighted by Gasteiger charge is 1.72. The van der Waals surface area contributed by atoms with E-state index in [0.29, 0.717) is 0 Å². The Morgan fingerprint density at radius 1 is 1.40 bits per heavy atom. The minimum absolute atomic E-state index is 1.02. The van der Waals surface area contributed by atoms with E-state index in [-0.39, 0.29) is 0 Å². The summed E-state index contributed by atoms with van der Waals surface area (Å²) in [5, 5.41) is 6.52. The lowest BCUT2D eigenvalue weighted by Crippen LogP contribution is -1.74. The number of hydrogen-bond donors (Lipinski definition) is 1. The van der Waals surface area contributed by atoms with E-state index in [1.54, 1.807) is 6.21 Å². The van der Waals surface area contributed by atoms with Crippen molar-refractivity contribution in [1.29, 1.82) is 5.41 Å². The fourth-order valence-electron chi connectivity index (χ4n) is 0.229. The van der Waals surface area contributed by atoms with Gasteiger partial charge in [0.25, 0.3) is 0 Å². The van der Waals surface area contributed by atoms with Gasteiger partial charge in [-0.2, -0.15) is 0 Å². The molecule has 10 heavy (non-hydrogen) atoms. The monoisotopic (exact) mass is 140 g/mol. The van der Waals surface area contributed by atoms with Crippen molar-refractivity contribution in [3.63, 3.8) is 0 Å². The van der Waals surface area contributed by atoms with Crippen LogP contribution >= 0.6 is 0 Å². The lowest BCUT2D eigenvalue weighted by Gasteiger charge is -1.80. The summed E-state index contributed by atoms with van der Waals surface area (Å²) in [6, 6.07) is 0. The van der Waals surface area contributed by atoms with Gasteiger partial charge in [0.05, 0.1) is 0 Å². The van der Waals surface area contributed by atoms with E-state index in [9.17, 15) is 0 Å². The molecule has 1 N–H and O–H groups in total. The average molecular weight is 140 g/mol. The molecule has 0 rings (SSSR count). The third kappa shape index (κ3) is 10.1. The smallest absolute Gasteiger partial charge is 0.106 e. The molecule has 0 aromatic rings. The van der Waals surface area contributed by atoms with Crippen LogP contribution in [0.4, 0.5) is 0 Å². The number of allylic oxidation sites excluding steroid dienone is 2. The van der Waals surface area contributed by atoms with Gasteiger partial charge in [0.1, 0.15) is 6.34 Å². The molecule has 0 bridgehead atoms. The van der Waals surface area contributed by atoms with Crippen LogP contribution in [0.2, 0.25) is 0 Å². The minimum atomic E-state index is 1.02. The highest BCUT2D eigenvalue weighted by Crippen LogP contribution is 1.83. The Hall–Kier alpha value is -0.920. The molecule has 0 saturated carbocycles. The van der Waals surface area contributed by atoms with Crippen molar-refractivity contribution < 1.29 is 0 Å². The van der Waals surface area contributed by atoms with E-state index in [4.69, 9.17) is 5.41 Å². The first-order valence-electron chi connectivity index (χ1n) is 3.46. The SMILES string of the molecule is C/C=C(/C)C=NC=N.CC. The van der Waals surface area contributed by atoms with E-state index in [0.717, 1.165) is 11.9 Å². The molecule has 0 aliphatic heterocycles. The molecular formula is C8H16N2. The first kappa shape index (κ1) is 11.8. The summed E-state index contributed by atoms with van der Waals surface area (Å²) in [4.78, 5) is 3.59. The van der Waals surface area contributed by atoms with Gasteiger partial charge in [-0.25, -0.2) is 4.99 Å². The molecule has 0 fully saturated rings. The van der Waals surface area contributed by atoms with Crippen molar-refractivity contribution in [2.45, 2.75) is 27.7 Å².